The molecule has 3 heteroatoms. The van der Waals surface area contributed by atoms with E-state index in [1.54, 1.807) is 11.3 Å². The van der Waals surface area contributed by atoms with Gasteiger partial charge in [-0.05, 0) is 47.4 Å². The van der Waals surface area contributed by atoms with Crippen LogP contribution in [0.4, 0.5) is 0 Å². The average Bonchev–Trinajstić information content (AvgIpc) is 2.68. The maximum atomic E-state index is 6.43. The van der Waals surface area contributed by atoms with Gasteiger partial charge in [-0.1, -0.05) is 6.07 Å². The van der Waals surface area contributed by atoms with Crippen LogP contribution < -0.4 is 0 Å². The highest BCUT2D eigenvalue weighted by atomic mass is 35.5. The van der Waals surface area contributed by atoms with Gasteiger partial charge in [0.25, 0.3) is 0 Å². The molecule has 0 aromatic carbocycles. The number of nitrogens with zero attached hydrogens (tertiary/aromatic N) is 1. The summed E-state index contributed by atoms with van der Waals surface area (Å²) in [6.45, 7) is 4.18. The van der Waals surface area contributed by atoms with Crippen LogP contribution in [0.2, 0.25) is 0 Å². The molecule has 16 heavy (non-hydrogen) atoms. The molecule has 0 fully saturated rings. The molecule has 0 bridgehead atoms. The van der Waals surface area contributed by atoms with Gasteiger partial charge in [-0.15, -0.1) is 11.6 Å². The Kier molecular flexibility index (Phi) is 3.62. The maximum absolute atomic E-state index is 6.43. The molecule has 0 N–H and O–H groups in total. The van der Waals surface area contributed by atoms with Gasteiger partial charge in [-0.2, -0.15) is 11.3 Å². The summed E-state index contributed by atoms with van der Waals surface area (Å²) in [6.07, 6.45) is 2.62. The number of thiophene rings is 1. The van der Waals surface area contributed by atoms with Crippen molar-refractivity contribution in [2.45, 2.75) is 25.6 Å². The maximum Gasteiger partial charge on any atom is 0.0651 e. The topological polar surface area (TPSA) is 12.9 Å². The van der Waals surface area contributed by atoms with E-state index in [2.05, 4.69) is 35.7 Å². The minimum atomic E-state index is 0.0276. The lowest BCUT2D eigenvalue weighted by Gasteiger charge is -2.10. The van der Waals surface area contributed by atoms with Crippen LogP contribution in [-0.4, -0.2) is 4.98 Å². The highest BCUT2D eigenvalue weighted by Gasteiger charge is 2.13. The first-order valence-electron chi connectivity index (χ1n) is 5.25. The normalized spacial score (nSPS) is 12.7. The van der Waals surface area contributed by atoms with Crippen LogP contribution in [0, 0.1) is 13.8 Å². The number of hydrogen-bond donors (Lipinski definition) is 0. The van der Waals surface area contributed by atoms with Crippen LogP contribution in [0.25, 0.3) is 0 Å². The molecule has 0 spiro atoms. The Morgan fingerprint density at radius 2 is 2.12 bits per heavy atom. The second-order valence-electron chi connectivity index (χ2n) is 3.95. The molecular weight excluding hydrogens is 238 g/mol. The predicted molar refractivity (Wildman–Crippen MR) is 70.3 cm³/mol. The molecule has 84 valence electrons. The van der Waals surface area contributed by atoms with E-state index in [-0.39, 0.29) is 5.38 Å². The molecule has 0 radical (unpaired) electrons. The second-order valence-corrected chi connectivity index (χ2v) is 5.22. The van der Waals surface area contributed by atoms with Gasteiger partial charge < -0.3 is 0 Å². The van der Waals surface area contributed by atoms with Crippen molar-refractivity contribution in [2.24, 2.45) is 0 Å². The van der Waals surface area contributed by atoms with Crippen molar-refractivity contribution in [3.8, 4) is 0 Å². The Bertz CT molecular complexity index is 478. The third kappa shape index (κ3) is 2.45. The van der Waals surface area contributed by atoms with E-state index in [1.165, 1.54) is 16.7 Å². The van der Waals surface area contributed by atoms with Gasteiger partial charge in [0.1, 0.15) is 0 Å². The van der Waals surface area contributed by atoms with Crippen LogP contribution >= 0.6 is 22.9 Å². The number of rotatable bonds is 3. The molecule has 0 aliphatic heterocycles. The van der Waals surface area contributed by atoms with E-state index >= 15 is 0 Å². The lowest BCUT2D eigenvalue weighted by molar-refractivity contribution is 0.867. The van der Waals surface area contributed by atoms with Crippen LogP contribution in [0.3, 0.4) is 0 Å². The predicted octanol–water partition coefficient (Wildman–Crippen LogP) is 4.28. The van der Waals surface area contributed by atoms with Gasteiger partial charge in [0, 0.05) is 18.3 Å². The Morgan fingerprint density at radius 3 is 2.75 bits per heavy atom. The summed E-state index contributed by atoms with van der Waals surface area (Å²) in [4.78, 5) is 4.38. The smallest absolute Gasteiger partial charge is 0.0651 e. The highest BCUT2D eigenvalue weighted by molar-refractivity contribution is 7.08. The summed E-state index contributed by atoms with van der Waals surface area (Å²) in [5.74, 6) is 0. The minimum absolute atomic E-state index is 0.0276. The van der Waals surface area contributed by atoms with Crippen LogP contribution in [0.1, 0.15) is 27.8 Å². The first-order chi connectivity index (χ1) is 7.68. The zero-order chi connectivity index (χ0) is 11.5. The van der Waals surface area contributed by atoms with E-state index < -0.39 is 0 Å². The third-order valence-electron chi connectivity index (χ3n) is 2.72. The minimum Gasteiger partial charge on any atom is -0.261 e. The van der Waals surface area contributed by atoms with Crippen molar-refractivity contribution in [1.82, 2.24) is 4.98 Å². The van der Waals surface area contributed by atoms with E-state index in [0.717, 1.165) is 12.1 Å². The molecule has 2 aromatic rings. The van der Waals surface area contributed by atoms with Gasteiger partial charge in [0.2, 0.25) is 0 Å². The van der Waals surface area contributed by atoms with Crippen molar-refractivity contribution in [3.63, 3.8) is 0 Å². The molecule has 2 aromatic heterocycles. The van der Waals surface area contributed by atoms with Crippen LogP contribution in [0.5, 0.6) is 0 Å². The fraction of sp³-hybridized carbons (Fsp3) is 0.308. The van der Waals surface area contributed by atoms with Gasteiger partial charge in [0.15, 0.2) is 0 Å². The van der Waals surface area contributed by atoms with Crippen molar-refractivity contribution in [2.75, 3.05) is 0 Å². The summed E-state index contributed by atoms with van der Waals surface area (Å²) in [5, 5.41) is 4.29. The third-order valence-corrected chi connectivity index (χ3v) is 3.99. The zero-order valence-corrected chi connectivity index (χ0v) is 11.0. The number of pyridine rings is 1. The fourth-order valence-corrected chi connectivity index (χ4v) is 3.06. The Labute approximate surface area is 105 Å². The molecule has 0 aliphatic rings. The first-order valence-corrected chi connectivity index (χ1v) is 6.63. The number of hydrogen-bond acceptors (Lipinski definition) is 2. The largest absolute Gasteiger partial charge is 0.261 e. The van der Waals surface area contributed by atoms with Crippen LogP contribution in [0.15, 0.2) is 29.1 Å². The second kappa shape index (κ2) is 4.98. The Morgan fingerprint density at radius 1 is 1.31 bits per heavy atom. The molecule has 0 amide bonds. The number of aryl methyl sites for hydroxylation is 2. The molecule has 2 rings (SSSR count). The number of halogens is 1. The Hall–Kier alpha value is -0.860. The Balaban J connectivity index is 2.17. The summed E-state index contributed by atoms with van der Waals surface area (Å²) in [6, 6.07) is 4.03. The molecule has 1 atom stereocenters. The molecule has 0 saturated heterocycles. The molecule has 1 unspecified atom stereocenters. The fourth-order valence-electron chi connectivity index (χ4n) is 1.70. The quantitative estimate of drug-likeness (QED) is 0.742. The summed E-state index contributed by atoms with van der Waals surface area (Å²) < 4.78 is 0. The number of alkyl halides is 1. The number of aromatic nitrogens is 1. The summed E-state index contributed by atoms with van der Waals surface area (Å²) >= 11 is 8.13. The molecule has 0 saturated carbocycles. The van der Waals surface area contributed by atoms with E-state index in [9.17, 15) is 0 Å². The molecule has 1 nitrogen and oxygen atoms in total. The summed E-state index contributed by atoms with van der Waals surface area (Å²) in [5.41, 5.74) is 4.81. The van der Waals surface area contributed by atoms with Gasteiger partial charge >= 0.3 is 0 Å². The van der Waals surface area contributed by atoms with Gasteiger partial charge in [-0.3, -0.25) is 4.98 Å². The van der Waals surface area contributed by atoms with E-state index in [1.807, 2.05) is 12.3 Å². The van der Waals surface area contributed by atoms with E-state index in [0.29, 0.717) is 0 Å². The van der Waals surface area contributed by atoms with Gasteiger partial charge in [-0.25, -0.2) is 0 Å². The first kappa shape index (κ1) is 11.6. The lowest BCUT2D eigenvalue weighted by atomic mass is 10.0. The van der Waals surface area contributed by atoms with Gasteiger partial charge in [0.05, 0.1) is 5.38 Å². The van der Waals surface area contributed by atoms with Crippen molar-refractivity contribution >= 4 is 22.9 Å². The standard InChI is InChI=1S/C13H14ClNS/c1-9-4-3-5-15-13(9)6-12(14)11-8-16-7-10(11)2/h3-5,7-8,12H,6H2,1-2H3. The molecule has 0 aliphatic carbocycles. The van der Waals surface area contributed by atoms with Crippen LogP contribution in [-0.2, 0) is 6.42 Å². The highest BCUT2D eigenvalue weighted by Crippen LogP contribution is 2.30. The van der Waals surface area contributed by atoms with Crippen molar-refractivity contribution < 1.29 is 0 Å². The SMILES string of the molecule is Cc1cscc1C(Cl)Cc1ncccc1C. The van der Waals surface area contributed by atoms with E-state index in [4.69, 9.17) is 11.6 Å². The molecule has 2 heterocycles. The van der Waals surface area contributed by atoms with Crippen molar-refractivity contribution in [1.29, 1.82) is 0 Å². The lowest BCUT2D eigenvalue weighted by Crippen LogP contribution is -2.00. The monoisotopic (exact) mass is 251 g/mol. The van der Waals surface area contributed by atoms with Crippen molar-refractivity contribution in [3.05, 3.63) is 51.5 Å². The zero-order valence-electron chi connectivity index (χ0n) is 9.40. The summed E-state index contributed by atoms with van der Waals surface area (Å²) in [7, 11) is 0. The average molecular weight is 252 g/mol. The molecular formula is C13H14ClNS.